The molecule has 1 heterocycles. The van der Waals surface area contributed by atoms with Crippen molar-refractivity contribution in [1.29, 1.82) is 0 Å². The first kappa shape index (κ1) is 15.8. The number of rotatable bonds is 5. The predicted octanol–water partition coefficient (Wildman–Crippen LogP) is 1.55. The Bertz CT molecular complexity index is 833. The van der Waals surface area contributed by atoms with Crippen LogP contribution in [0.1, 0.15) is 5.56 Å². The molecular formula is C17H19NO4S. The SMILES string of the molecule is COc1ccc2ccccc2c1CCNC(=O)C1CS(=O)(=O)C1. The maximum absolute atomic E-state index is 11.9. The number of sulfone groups is 1. The van der Waals surface area contributed by atoms with Crippen molar-refractivity contribution < 1.29 is 17.9 Å². The zero-order chi connectivity index (χ0) is 16.4. The van der Waals surface area contributed by atoms with E-state index in [1.165, 1.54) is 0 Å². The average molecular weight is 333 g/mol. The van der Waals surface area contributed by atoms with E-state index in [1.54, 1.807) is 7.11 Å². The highest BCUT2D eigenvalue weighted by molar-refractivity contribution is 7.92. The summed E-state index contributed by atoms with van der Waals surface area (Å²) in [6.45, 7) is 0.458. The Kier molecular flexibility index (Phi) is 4.26. The summed E-state index contributed by atoms with van der Waals surface area (Å²) in [6, 6.07) is 12.0. The van der Waals surface area contributed by atoms with E-state index < -0.39 is 15.8 Å². The first-order chi connectivity index (χ1) is 11.0. The summed E-state index contributed by atoms with van der Waals surface area (Å²) in [5.74, 6) is 0.157. The number of amides is 1. The van der Waals surface area contributed by atoms with Gasteiger partial charge in [0.1, 0.15) is 5.75 Å². The molecule has 5 nitrogen and oxygen atoms in total. The number of methoxy groups -OCH3 is 1. The van der Waals surface area contributed by atoms with E-state index in [2.05, 4.69) is 5.32 Å². The van der Waals surface area contributed by atoms with Gasteiger partial charge in [-0.2, -0.15) is 0 Å². The maximum atomic E-state index is 11.9. The molecular weight excluding hydrogens is 314 g/mol. The van der Waals surface area contributed by atoms with Crippen LogP contribution in [0.15, 0.2) is 36.4 Å². The van der Waals surface area contributed by atoms with Gasteiger partial charge >= 0.3 is 0 Å². The van der Waals surface area contributed by atoms with Crippen LogP contribution in [0.2, 0.25) is 0 Å². The lowest BCUT2D eigenvalue weighted by atomic mass is 10.0. The molecule has 0 radical (unpaired) electrons. The minimum Gasteiger partial charge on any atom is -0.496 e. The van der Waals surface area contributed by atoms with Crippen LogP contribution in [0.5, 0.6) is 5.75 Å². The van der Waals surface area contributed by atoms with Crippen LogP contribution in [0.25, 0.3) is 10.8 Å². The summed E-state index contributed by atoms with van der Waals surface area (Å²) in [7, 11) is -1.34. The zero-order valence-electron chi connectivity index (χ0n) is 12.9. The molecule has 1 aliphatic heterocycles. The average Bonchev–Trinajstić information content (AvgIpc) is 2.52. The highest BCUT2D eigenvalue weighted by Gasteiger charge is 2.38. The van der Waals surface area contributed by atoms with Crippen molar-refractivity contribution in [3.8, 4) is 5.75 Å². The van der Waals surface area contributed by atoms with Gasteiger partial charge in [-0.3, -0.25) is 4.79 Å². The molecule has 2 aromatic carbocycles. The lowest BCUT2D eigenvalue weighted by Crippen LogP contribution is -2.47. The van der Waals surface area contributed by atoms with Crippen molar-refractivity contribution in [3.05, 3.63) is 42.0 Å². The molecule has 1 aliphatic rings. The number of ether oxygens (including phenoxy) is 1. The molecule has 2 aromatic rings. The quantitative estimate of drug-likeness (QED) is 0.901. The molecule has 122 valence electrons. The van der Waals surface area contributed by atoms with Gasteiger partial charge in [0.2, 0.25) is 5.91 Å². The van der Waals surface area contributed by atoms with Crippen LogP contribution < -0.4 is 10.1 Å². The molecule has 1 saturated heterocycles. The number of fused-ring (bicyclic) bond motifs is 1. The second-order valence-electron chi connectivity index (χ2n) is 5.78. The van der Waals surface area contributed by atoms with Crippen LogP contribution in [0, 0.1) is 5.92 Å². The summed E-state index contributed by atoms with van der Waals surface area (Å²) in [5, 5.41) is 5.06. The molecule has 0 atom stereocenters. The van der Waals surface area contributed by atoms with E-state index in [4.69, 9.17) is 4.74 Å². The number of hydrogen-bond acceptors (Lipinski definition) is 4. The van der Waals surface area contributed by atoms with Crippen molar-refractivity contribution in [2.24, 2.45) is 5.92 Å². The summed E-state index contributed by atoms with van der Waals surface area (Å²) >= 11 is 0. The molecule has 23 heavy (non-hydrogen) atoms. The molecule has 0 aromatic heterocycles. The Morgan fingerprint density at radius 1 is 1.22 bits per heavy atom. The highest BCUT2D eigenvalue weighted by atomic mass is 32.2. The van der Waals surface area contributed by atoms with Crippen molar-refractivity contribution in [2.75, 3.05) is 25.2 Å². The topological polar surface area (TPSA) is 72.5 Å². The van der Waals surface area contributed by atoms with E-state index in [-0.39, 0.29) is 17.4 Å². The Labute approximate surface area is 135 Å². The highest BCUT2D eigenvalue weighted by Crippen LogP contribution is 2.28. The van der Waals surface area contributed by atoms with Gasteiger partial charge in [-0.25, -0.2) is 8.42 Å². The number of nitrogens with one attached hydrogen (secondary N) is 1. The summed E-state index contributed by atoms with van der Waals surface area (Å²) in [5.41, 5.74) is 1.05. The fourth-order valence-corrected chi connectivity index (χ4v) is 4.37. The van der Waals surface area contributed by atoms with E-state index in [9.17, 15) is 13.2 Å². The lowest BCUT2D eigenvalue weighted by molar-refractivity contribution is -0.124. The zero-order valence-corrected chi connectivity index (χ0v) is 13.7. The van der Waals surface area contributed by atoms with Crippen LogP contribution in [0.3, 0.4) is 0 Å². The first-order valence-electron chi connectivity index (χ1n) is 7.53. The van der Waals surface area contributed by atoms with Gasteiger partial charge in [0.15, 0.2) is 9.84 Å². The molecule has 0 saturated carbocycles. The molecule has 1 N–H and O–H groups in total. The van der Waals surface area contributed by atoms with Crippen LogP contribution in [-0.4, -0.2) is 39.5 Å². The second kappa shape index (κ2) is 6.20. The minimum atomic E-state index is -2.97. The first-order valence-corrected chi connectivity index (χ1v) is 9.35. The van der Waals surface area contributed by atoms with Gasteiger partial charge < -0.3 is 10.1 Å². The molecule has 3 rings (SSSR count). The van der Waals surface area contributed by atoms with Gasteiger partial charge in [-0.05, 0) is 23.3 Å². The molecule has 0 bridgehead atoms. The Morgan fingerprint density at radius 3 is 2.65 bits per heavy atom. The monoisotopic (exact) mass is 333 g/mol. The molecule has 1 fully saturated rings. The fourth-order valence-electron chi connectivity index (χ4n) is 2.94. The Balaban J connectivity index is 1.68. The Hall–Kier alpha value is -2.08. The smallest absolute Gasteiger partial charge is 0.225 e. The number of hydrogen-bond donors (Lipinski definition) is 1. The third kappa shape index (κ3) is 3.32. The molecule has 0 spiro atoms. The van der Waals surface area contributed by atoms with Gasteiger partial charge in [-0.1, -0.05) is 30.3 Å². The van der Waals surface area contributed by atoms with E-state index in [0.29, 0.717) is 13.0 Å². The second-order valence-corrected chi connectivity index (χ2v) is 7.94. The van der Waals surface area contributed by atoms with Gasteiger partial charge in [0, 0.05) is 12.1 Å². The largest absolute Gasteiger partial charge is 0.496 e. The fraction of sp³-hybridized carbons (Fsp3) is 0.353. The maximum Gasteiger partial charge on any atom is 0.225 e. The predicted molar refractivity (Wildman–Crippen MR) is 89.4 cm³/mol. The summed E-state index contributed by atoms with van der Waals surface area (Å²) in [6.07, 6.45) is 0.635. The van der Waals surface area contributed by atoms with Crippen LogP contribution >= 0.6 is 0 Å². The normalized spacial score (nSPS) is 16.7. The van der Waals surface area contributed by atoms with Gasteiger partial charge in [-0.15, -0.1) is 0 Å². The van der Waals surface area contributed by atoms with Crippen molar-refractivity contribution in [3.63, 3.8) is 0 Å². The Morgan fingerprint density at radius 2 is 1.96 bits per heavy atom. The minimum absolute atomic E-state index is 0.0313. The number of carbonyl (C=O) groups excluding carboxylic acids is 1. The third-order valence-electron chi connectivity index (χ3n) is 4.17. The molecule has 0 unspecified atom stereocenters. The number of carbonyl (C=O) groups is 1. The van der Waals surface area contributed by atoms with Crippen molar-refractivity contribution in [2.45, 2.75) is 6.42 Å². The van der Waals surface area contributed by atoms with Gasteiger partial charge in [0.25, 0.3) is 0 Å². The molecule has 1 amide bonds. The summed E-state index contributed by atoms with van der Waals surface area (Å²) < 4.78 is 27.7. The van der Waals surface area contributed by atoms with Crippen molar-refractivity contribution >= 4 is 26.5 Å². The van der Waals surface area contributed by atoms with E-state index >= 15 is 0 Å². The standard InChI is InChI=1S/C17H19NO4S/c1-22-16-7-6-12-4-2-3-5-14(12)15(16)8-9-18-17(19)13-10-23(20,21)11-13/h2-7,13H,8-11H2,1H3,(H,18,19). The van der Waals surface area contributed by atoms with Crippen LogP contribution in [0.4, 0.5) is 0 Å². The van der Waals surface area contributed by atoms with Crippen molar-refractivity contribution in [1.82, 2.24) is 5.32 Å². The van der Waals surface area contributed by atoms with E-state index in [0.717, 1.165) is 22.1 Å². The third-order valence-corrected chi connectivity index (χ3v) is 5.99. The lowest BCUT2D eigenvalue weighted by Gasteiger charge is -2.24. The molecule has 6 heteroatoms. The van der Waals surface area contributed by atoms with Crippen LogP contribution in [-0.2, 0) is 21.1 Å². The van der Waals surface area contributed by atoms with Gasteiger partial charge in [0.05, 0.1) is 24.5 Å². The van der Waals surface area contributed by atoms with E-state index in [1.807, 2.05) is 36.4 Å². The number of benzene rings is 2. The summed E-state index contributed by atoms with van der Waals surface area (Å²) in [4.78, 5) is 11.9. The molecule has 0 aliphatic carbocycles.